The number of fused-ring (bicyclic) bond motifs is 1. The molecule has 1 aromatic carbocycles. The number of aromatic nitrogens is 2. The molecule has 22 heavy (non-hydrogen) atoms. The van der Waals surface area contributed by atoms with Gasteiger partial charge in [0.15, 0.2) is 5.16 Å². The van der Waals surface area contributed by atoms with Gasteiger partial charge in [0.05, 0.1) is 0 Å². The van der Waals surface area contributed by atoms with Gasteiger partial charge in [-0.05, 0) is 37.0 Å². The van der Waals surface area contributed by atoms with Crippen LogP contribution in [-0.2, 0) is 25.1 Å². The summed E-state index contributed by atoms with van der Waals surface area (Å²) in [6.07, 6.45) is 4.58. The van der Waals surface area contributed by atoms with Crippen molar-refractivity contribution in [1.29, 1.82) is 0 Å². The number of thioether (sulfide) groups is 1. The first-order valence-corrected chi connectivity index (χ1v) is 8.28. The molecule has 0 spiro atoms. The van der Waals surface area contributed by atoms with E-state index in [4.69, 9.17) is 0 Å². The number of allylic oxidation sites excluding steroid dienone is 1. The predicted octanol–water partition coefficient (Wildman–Crippen LogP) is 3.35. The molecule has 0 amide bonds. The van der Waals surface area contributed by atoms with Crippen LogP contribution in [0.1, 0.15) is 23.2 Å². The summed E-state index contributed by atoms with van der Waals surface area (Å²) in [6.45, 7) is 4.45. The molecule has 1 aliphatic rings. The van der Waals surface area contributed by atoms with E-state index in [0.29, 0.717) is 12.3 Å². The van der Waals surface area contributed by atoms with Gasteiger partial charge in [0, 0.05) is 23.6 Å². The fourth-order valence-corrected chi connectivity index (χ4v) is 3.72. The van der Waals surface area contributed by atoms with Gasteiger partial charge < -0.3 is 4.57 Å². The van der Waals surface area contributed by atoms with E-state index >= 15 is 0 Å². The van der Waals surface area contributed by atoms with Gasteiger partial charge in [0.25, 0.3) is 5.56 Å². The van der Waals surface area contributed by atoms with Crippen LogP contribution in [0, 0.1) is 5.82 Å². The quantitative estimate of drug-likeness (QED) is 0.482. The van der Waals surface area contributed by atoms with Gasteiger partial charge >= 0.3 is 0 Å². The first-order valence-electron chi connectivity index (χ1n) is 7.30. The third-order valence-corrected chi connectivity index (χ3v) is 4.84. The van der Waals surface area contributed by atoms with E-state index in [1.54, 1.807) is 12.1 Å². The van der Waals surface area contributed by atoms with Crippen molar-refractivity contribution in [3.05, 3.63) is 69.9 Å². The highest BCUT2D eigenvalue weighted by molar-refractivity contribution is 7.98. The summed E-state index contributed by atoms with van der Waals surface area (Å²) in [6, 6.07) is 6.41. The second-order valence-corrected chi connectivity index (χ2v) is 6.24. The van der Waals surface area contributed by atoms with Crippen LogP contribution in [0.2, 0.25) is 0 Å². The smallest absolute Gasteiger partial charge is 0.277 e. The number of hydrogen-bond acceptors (Lipinski definition) is 3. The molecule has 0 bridgehead atoms. The summed E-state index contributed by atoms with van der Waals surface area (Å²) < 4.78 is 15.0. The van der Waals surface area contributed by atoms with E-state index in [1.807, 2.05) is 6.08 Å². The molecule has 0 saturated carbocycles. The Bertz CT molecular complexity index is 752. The molecule has 0 unspecified atom stereocenters. The molecule has 3 rings (SSSR count). The minimum Gasteiger partial charge on any atom is -0.320 e. The molecule has 2 aromatic rings. The number of benzene rings is 1. The standard InChI is InChI=1S/C17H17FN2OS/c1-2-10-20-15-5-3-4-14(15)16(21)19-17(20)22-11-12-6-8-13(18)9-7-12/h2,6-9H,1,3-5,10-11H2. The lowest BCUT2D eigenvalue weighted by molar-refractivity contribution is 0.627. The fourth-order valence-electron chi connectivity index (χ4n) is 2.74. The normalized spacial score (nSPS) is 13.1. The first-order chi connectivity index (χ1) is 10.7. The molecule has 0 atom stereocenters. The van der Waals surface area contributed by atoms with Crippen molar-refractivity contribution >= 4 is 11.8 Å². The molecule has 1 heterocycles. The van der Waals surface area contributed by atoms with Crippen LogP contribution in [0.3, 0.4) is 0 Å². The Hall–Kier alpha value is -1.88. The van der Waals surface area contributed by atoms with E-state index in [9.17, 15) is 9.18 Å². The highest BCUT2D eigenvalue weighted by Crippen LogP contribution is 2.26. The average Bonchev–Trinajstić information content (AvgIpc) is 3.00. The maximum absolute atomic E-state index is 12.9. The number of hydrogen-bond donors (Lipinski definition) is 0. The van der Waals surface area contributed by atoms with Gasteiger partial charge in [-0.3, -0.25) is 4.79 Å². The average molecular weight is 316 g/mol. The van der Waals surface area contributed by atoms with Gasteiger partial charge in [-0.2, -0.15) is 4.98 Å². The molecule has 0 N–H and O–H groups in total. The van der Waals surface area contributed by atoms with E-state index < -0.39 is 0 Å². The first kappa shape index (κ1) is 15.0. The van der Waals surface area contributed by atoms with Crippen molar-refractivity contribution in [2.45, 2.75) is 36.7 Å². The molecule has 0 aliphatic heterocycles. The van der Waals surface area contributed by atoms with Gasteiger partial charge in [0.2, 0.25) is 0 Å². The van der Waals surface area contributed by atoms with Gasteiger partial charge in [-0.1, -0.05) is 30.0 Å². The molecular formula is C17H17FN2OS. The summed E-state index contributed by atoms with van der Waals surface area (Å²) in [5.74, 6) is 0.413. The van der Waals surface area contributed by atoms with E-state index in [2.05, 4.69) is 16.1 Å². The predicted molar refractivity (Wildman–Crippen MR) is 86.7 cm³/mol. The summed E-state index contributed by atoms with van der Waals surface area (Å²) in [4.78, 5) is 16.4. The summed E-state index contributed by atoms with van der Waals surface area (Å²) in [5.41, 5.74) is 2.86. The minimum atomic E-state index is -0.243. The van der Waals surface area contributed by atoms with Gasteiger partial charge in [-0.25, -0.2) is 4.39 Å². The lowest BCUT2D eigenvalue weighted by Crippen LogP contribution is -2.21. The Labute approximate surface area is 132 Å². The summed E-state index contributed by atoms with van der Waals surface area (Å²) >= 11 is 1.51. The maximum Gasteiger partial charge on any atom is 0.277 e. The van der Waals surface area contributed by atoms with Crippen molar-refractivity contribution in [3.63, 3.8) is 0 Å². The SMILES string of the molecule is C=CCn1c(SCc2ccc(F)cc2)nc(=O)c2c1CCC2. The summed E-state index contributed by atoms with van der Waals surface area (Å²) in [5, 5.41) is 0.717. The van der Waals surface area contributed by atoms with Crippen LogP contribution in [-0.4, -0.2) is 9.55 Å². The molecule has 0 fully saturated rings. The van der Waals surface area contributed by atoms with Crippen LogP contribution in [0.25, 0.3) is 0 Å². The van der Waals surface area contributed by atoms with Crippen LogP contribution in [0.4, 0.5) is 4.39 Å². The molecule has 114 valence electrons. The van der Waals surface area contributed by atoms with Crippen LogP contribution in [0.5, 0.6) is 0 Å². The second kappa shape index (κ2) is 6.48. The molecule has 1 aromatic heterocycles. The lowest BCUT2D eigenvalue weighted by atomic mass is 10.2. The van der Waals surface area contributed by atoms with Crippen molar-refractivity contribution in [2.24, 2.45) is 0 Å². The summed E-state index contributed by atoms with van der Waals surface area (Å²) in [7, 11) is 0. The molecular weight excluding hydrogens is 299 g/mol. The molecule has 0 radical (unpaired) electrons. The van der Waals surface area contributed by atoms with E-state index in [0.717, 1.165) is 41.2 Å². The third-order valence-electron chi connectivity index (χ3n) is 3.79. The Morgan fingerprint density at radius 1 is 1.32 bits per heavy atom. The van der Waals surface area contributed by atoms with E-state index in [-0.39, 0.29) is 11.4 Å². The third kappa shape index (κ3) is 2.99. The molecule has 3 nitrogen and oxygen atoms in total. The van der Waals surface area contributed by atoms with E-state index in [1.165, 1.54) is 23.9 Å². The largest absolute Gasteiger partial charge is 0.320 e. The Morgan fingerprint density at radius 2 is 2.09 bits per heavy atom. The van der Waals surface area contributed by atoms with Crippen molar-refractivity contribution in [3.8, 4) is 0 Å². The van der Waals surface area contributed by atoms with Crippen LogP contribution < -0.4 is 5.56 Å². The Balaban J connectivity index is 1.89. The highest BCUT2D eigenvalue weighted by Gasteiger charge is 2.21. The topological polar surface area (TPSA) is 34.9 Å². The Morgan fingerprint density at radius 3 is 2.82 bits per heavy atom. The van der Waals surface area contributed by atoms with Crippen molar-refractivity contribution in [2.75, 3.05) is 0 Å². The van der Waals surface area contributed by atoms with Gasteiger partial charge in [-0.15, -0.1) is 6.58 Å². The fraction of sp³-hybridized carbons (Fsp3) is 0.294. The molecule has 1 aliphatic carbocycles. The zero-order valence-corrected chi connectivity index (χ0v) is 13.0. The van der Waals surface area contributed by atoms with Gasteiger partial charge in [0.1, 0.15) is 5.82 Å². The van der Waals surface area contributed by atoms with Crippen molar-refractivity contribution in [1.82, 2.24) is 9.55 Å². The number of nitrogens with zero attached hydrogens (tertiary/aromatic N) is 2. The van der Waals surface area contributed by atoms with Crippen LogP contribution >= 0.6 is 11.8 Å². The zero-order chi connectivity index (χ0) is 15.5. The minimum absolute atomic E-state index is 0.102. The lowest BCUT2D eigenvalue weighted by Gasteiger charge is -2.15. The maximum atomic E-state index is 12.9. The van der Waals surface area contributed by atoms with Crippen LogP contribution in [0.15, 0.2) is 46.9 Å². The highest BCUT2D eigenvalue weighted by atomic mass is 32.2. The van der Waals surface area contributed by atoms with Crippen molar-refractivity contribution < 1.29 is 4.39 Å². The zero-order valence-electron chi connectivity index (χ0n) is 12.2. The second-order valence-electron chi connectivity index (χ2n) is 5.29. The number of halogens is 1. The molecule has 5 heteroatoms. The Kier molecular flexibility index (Phi) is 4.43. The number of rotatable bonds is 5. The monoisotopic (exact) mass is 316 g/mol. The molecule has 0 saturated heterocycles.